The van der Waals surface area contributed by atoms with Crippen molar-refractivity contribution >= 4 is 0 Å². The molecule has 1 aromatic heterocycles. The third kappa shape index (κ3) is 2.26. The van der Waals surface area contributed by atoms with Crippen LogP contribution < -0.4 is 5.32 Å². The van der Waals surface area contributed by atoms with E-state index in [4.69, 9.17) is 9.26 Å². The first-order valence-corrected chi connectivity index (χ1v) is 7.55. The monoisotopic (exact) mass is 285 g/mol. The Kier molecular flexibility index (Phi) is 3.24. The highest BCUT2D eigenvalue weighted by Gasteiger charge is 2.47. The van der Waals surface area contributed by atoms with Crippen LogP contribution in [0.15, 0.2) is 34.9 Å². The topological polar surface area (TPSA) is 60.2 Å². The maximum atomic E-state index is 5.59. The van der Waals surface area contributed by atoms with E-state index in [1.807, 2.05) is 30.3 Å². The summed E-state index contributed by atoms with van der Waals surface area (Å²) in [6.45, 7) is 3.59. The molecule has 0 bridgehead atoms. The number of hydrogen-bond donors (Lipinski definition) is 1. The minimum absolute atomic E-state index is 0.221. The molecule has 5 nitrogen and oxygen atoms in total. The number of hydrogen-bond acceptors (Lipinski definition) is 5. The van der Waals surface area contributed by atoms with Gasteiger partial charge in [-0.1, -0.05) is 35.5 Å². The maximum Gasteiger partial charge on any atom is 0.231 e. The van der Waals surface area contributed by atoms with Gasteiger partial charge in [-0.15, -0.1) is 0 Å². The van der Waals surface area contributed by atoms with E-state index >= 15 is 0 Å². The van der Waals surface area contributed by atoms with Crippen molar-refractivity contribution in [3.05, 3.63) is 36.2 Å². The van der Waals surface area contributed by atoms with Gasteiger partial charge < -0.3 is 14.6 Å². The highest BCUT2D eigenvalue weighted by Crippen LogP contribution is 2.46. The molecule has 1 unspecified atom stereocenters. The Labute approximate surface area is 123 Å². The van der Waals surface area contributed by atoms with E-state index in [1.54, 1.807) is 0 Å². The van der Waals surface area contributed by atoms with Crippen molar-refractivity contribution in [1.82, 2.24) is 15.5 Å². The molecule has 0 saturated carbocycles. The van der Waals surface area contributed by atoms with Crippen LogP contribution in [0.3, 0.4) is 0 Å². The van der Waals surface area contributed by atoms with Crippen molar-refractivity contribution in [1.29, 1.82) is 0 Å². The second-order valence-electron chi connectivity index (χ2n) is 5.98. The van der Waals surface area contributed by atoms with Gasteiger partial charge in [-0.05, 0) is 18.3 Å². The smallest absolute Gasteiger partial charge is 0.231 e. The first kappa shape index (κ1) is 13.0. The summed E-state index contributed by atoms with van der Waals surface area (Å²) in [7, 11) is 0. The summed E-state index contributed by atoms with van der Waals surface area (Å²) < 4.78 is 11.1. The Balaban J connectivity index is 1.63. The van der Waals surface area contributed by atoms with Gasteiger partial charge in [0.1, 0.15) is 0 Å². The van der Waals surface area contributed by atoms with Crippen LogP contribution in [-0.2, 0) is 4.74 Å². The molecule has 2 aliphatic rings. The van der Waals surface area contributed by atoms with Crippen LogP contribution >= 0.6 is 0 Å². The largest absolute Gasteiger partial charge is 0.381 e. The summed E-state index contributed by atoms with van der Waals surface area (Å²) in [6, 6.07) is 9.98. The fourth-order valence-corrected chi connectivity index (χ4v) is 3.54. The van der Waals surface area contributed by atoms with Gasteiger partial charge >= 0.3 is 0 Å². The molecule has 0 aliphatic carbocycles. The van der Waals surface area contributed by atoms with Gasteiger partial charge in [0.2, 0.25) is 11.7 Å². The lowest BCUT2D eigenvalue weighted by Gasteiger charge is -2.36. The zero-order valence-corrected chi connectivity index (χ0v) is 11.9. The predicted molar refractivity (Wildman–Crippen MR) is 77.8 cm³/mol. The Morgan fingerprint density at radius 1 is 1.14 bits per heavy atom. The Morgan fingerprint density at radius 2 is 1.95 bits per heavy atom. The molecule has 2 saturated heterocycles. The molecule has 3 heterocycles. The minimum Gasteiger partial charge on any atom is -0.381 e. The summed E-state index contributed by atoms with van der Waals surface area (Å²) >= 11 is 0. The van der Waals surface area contributed by atoms with Gasteiger partial charge in [-0.25, -0.2) is 0 Å². The zero-order chi connectivity index (χ0) is 14.1. The van der Waals surface area contributed by atoms with Crippen molar-refractivity contribution in [2.45, 2.75) is 18.8 Å². The van der Waals surface area contributed by atoms with Crippen LogP contribution in [-0.4, -0.2) is 36.4 Å². The molecule has 2 aromatic rings. The predicted octanol–water partition coefficient (Wildman–Crippen LogP) is 2.22. The SMILES string of the molecule is c1ccc(-c2noc(C3CNCC34CCOCC4)n2)cc1. The average molecular weight is 285 g/mol. The molecule has 5 heteroatoms. The van der Waals surface area contributed by atoms with E-state index in [-0.39, 0.29) is 5.41 Å². The van der Waals surface area contributed by atoms with Crippen LogP contribution in [0.25, 0.3) is 11.4 Å². The van der Waals surface area contributed by atoms with Gasteiger partial charge in [-0.2, -0.15) is 4.98 Å². The lowest BCUT2D eigenvalue weighted by atomic mass is 9.72. The quantitative estimate of drug-likeness (QED) is 0.916. The van der Waals surface area contributed by atoms with Crippen LogP contribution in [0.1, 0.15) is 24.7 Å². The van der Waals surface area contributed by atoms with E-state index in [2.05, 4.69) is 15.5 Å². The first-order valence-electron chi connectivity index (χ1n) is 7.55. The fourth-order valence-electron chi connectivity index (χ4n) is 3.54. The number of rotatable bonds is 2. The molecule has 2 fully saturated rings. The van der Waals surface area contributed by atoms with Crippen LogP contribution in [0.5, 0.6) is 0 Å². The number of ether oxygens (including phenoxy) is 1. The molecule has 2 aliphatic heterocycles. The van der Waals surface area contributed by atoms with Gasteiger partial charge in [0.15, 0.2) is 0 Å². The van der Waals surface area contributed by atoms with Crippen LogP contribution in [0.2, 0.25) is 0 Å². The molecule has 1 N–H and O–H groups in total. The summed E-state index contributed by atoms with van der Waals surface area (Å²) in [5.74, 6) is 1.74. The van der Waals surface area contributed by atoms with Crippen molar-refractivity contribution in [3.8, 4) is 11.4 Å². The number of nitrogens with one attached hydrogen (secondary N) is 1. The van der Waals surface area contributed by atoms with E-state index in [0.717, 1.165) is 50.6 Å². The first-order chi connectivity index (χ1) is 10.4. The molecular formula is C16H19N3O2. The zero-order valence-electron chi connectivity index (χ0n) is 11.9. The van der Waals surface area contributed by atoms with E-state index in [1.165, 1.54) is 0 Å². The molecule has 110 valence electrons. The molecule has 4 rings (SSSR count). The third-order valence-electron chi connectivity index (χ3n) is 4.83. The van der Waals surface area contributed by atoms with Gasteiger partial charge in [-0.3, -0.25) is 0 Å². The van der Waals surface area contributed by atoms with Crippen molar-refractivity contribution < 1.29 is 9.26 Å². The highest BCUT2D eigenvalue weighted by atomic mass is 16.5. The van der Waals surface area contributed by atoms with Crippen molar-refractivity contribution in [2.75, 3.05) is 26.3 Å². The van der Waals surface area contributed by atoms with Gasteiger partial charge in [0, 0.05) is 31.9 Å². The lowest BCUT2D eigenvalue weighted by Crippen LogP contribution is -2.35. The van der Waals surface area contributed by atoms with Crippen LogP contribution in [0.4, 0.5) is 0 Å². The number of benzene rings is 1. The highest BCUT2D eigenvalue weighted by molar-refractivity contribution is 5.53. The second kappa shape index (κ2) is 5.24. The summed E-state index contributed by atoms with van der Waals surface area (Å²) in [6.07, 6.45) is 2.13. The molecule has 0 radical (unpaired) electrons. The second-order valence-corrected chi connectivity index (χ2v) is 5.98. The van der Waals surface area contributed by atoms with Gasteiger partial charge in [0.05, 0.1) is 5.92 Å². The van der Waals surface area contributed by atoms with E-state index < -0.39 is 0 Å². The lowest BCUT2D eigenvalue weighted by molar-refractivity contribution is 0.0122. The molecule has 0 amide bonds. The van der Waals surface area contributed by atoms with Crippen molar-refractivity contribution in [2.24, 2.45) is 5.41 Å². The van der Waals surface area contributed by atoms with Crippen LogP contribution in [0, 0.1) is 5.41 Å². The standard InChI is InChI=1S/C16H19N3O2/c1-2-4-12(5-3-1)14-18-15(21-19-14)13-10-17-11-16(13)6-8-20-9-7-16/h1-5,13,17H,6-11H2. The van der Waals surface area contributed by atoms with E-state index in [0.29, 0.717) is 11.7 Å². The number of nitrogens with zero attached hydrogens (tertiary/aromatic N) is 2. The molecule has 1 spiro atoms. The third-order valence-corrected chi connectivity index (χ3v) is 4.83. The normalized spacial score (nSPS) is 24.5. The Hall–Kier alpha value is -1.72. The summed E-state index contributed by atoms with van der Waals surface area (Å²) in [4.78, 5) is 4.65. The Morgan fingerprint density at radius 3 is 2.76 bits per heavy atom. The van der Waals surface area contributed by atoms with E-state index in [9.17, 15) is 0 Å². The molecular weight excluding hydrogens is 266 g/mol. The summed E-state index contributed by atoms with van der Waals surface area (Å²) in [5.41, 5.74) is 1.22. The number of aromatic nitrogens is 2. The maximum absolute atomic E-state index is 5.59. The fraction of sp³-hybridized carbons (Fsp3) is 0.500. The summed E-state index contributed by atoms with van der Waals surface area (Å²) in [5, 5.41) is 7.66. The van der Waals surface area contributed by atoms with Gasteiger partial charge in [0.25, 0.3) is 0 Å². The Bertz CT molecular complexity index is 605. The minimum atomic E-state index is 0.221. The van der Waals surface area contributed by atoms with Crippen molar-refractivity contribution in [3.63, 3.8) is 0 Å². The molecule has 21 heavy (non-hydrogen) atoms. The molecule has 1 atom stereocenters. The average Bonchev–Trinajstić information content (AvgIpc) is 3.16. The molecule has 1 aromatic carbocycles.